The molecule has 0 spiro atoms. The van der Waals surface area contributed by atoms with Crippen LogP contribution in [0.2, 0.25) is 0 Å². The lowest BCUT2D eigenvalue weighted by molar-refractivity contribution is 0.273. The number of alkyl halides is 1. The zero-order valence-electron chi connectivity index (χ0n) is 8.61. The Labute approximate surface area is 88.2 Å². The molecular formula is C11H14FNO2. The van der Waals surface area contributed by atoms with Gasteiger partial charge in [-0.3, -0.25) is 0 Å². The van der Waals surface area contributed by atoms with E-state index >= 15 is 0 Å². The number of ether oxygens (including phenoxy) is 1. The topological polar surface area (TPSA) is 41.8 Å². The van der Waals surface area contributed by atoms with Crippen LogP contribution in [-0.4, -0.2) is 24.2 Å². The highest BCUT2D eigenvalue weighted by Crippen LogP contribution is 2.13. The lowest BCUT2D eigenvalue weighted by Crippen LogP contribution is -2.01. The number of nitrogens with zero attached hydrogens (tertiary/aromatic N) is 1. The normalized spacial score (nSPS) is 11.5. The van der Waals surface area contributed by atoms with Crippen LogP contribution in [0.1, 0.15) is 18.9 Å². The maximum Gasteiger partial charge on any atom is 0.123 e. The van der Waals surface area contributed by atoms with Crippen molar-refractivity contribution in [2.24, 2.45) is 5.16 Å². The zero-order chi connectivity index (χ0) is 11.1. The smallest absolute Gasteiger partial charge is 0.123 e. The first-order valence-electron chi connectivity index (χ1n) is 4.82. The highest BCUT2D eigenvalue weighted by atomic mass is 19.1. The molecule has 1 aromatic carbocycles. The number of hydrogen-bond donors (Lipinski definition) is 1. The number of benzene rings is 1. The fourth-order valence-corrected chi connectivity index (χ4v) is 1.23. The molecule has 82 valence electrons. The molecule has 4 heteroatoms. The highest BCUT2D eigenvalue weighted by Gasteiger charge is 2.01. The molecule has 1 rings (SSSR count). The van der Waals surface area contributed by atoms with Crippen LogP contribution in [0.25, 0.3) is 0 Å². The van der Waals surface area contributed by atoms with Crippen molar-refractivity contribution < 1.29 is 14.3 Å². The third-order valence-electron chi connectivity index (χ3n) is 1.99. The van der Waals surface area contributed by atoms with Gasteiger partial charge in [0.15, 0.2) is 0 Å². The quantitative estimate of drug-likeness (QED) is 0.462. The average molecular weight is 211 g/mol. The average Bonchev–Trinajstić information content (AvgIpc) is 2.29. The Morgan fingerprint density at radius 3 is 2.53 bits per heavy atom. The Balaban J connectivity index is 2.71. The maximum absolute atomic E-state index is 11.8. The van der Waals surface area contributed by atoms with Gasteiger partial charge in [0.2, 0.25) is 0 Å². The molecule has 0 heterocycles. The van der Waals surface area contributed by atoms with E-state index in [-0.39, 0.29) is 6.61 Å². The standard InChI is InChI=1S/C11H14FNO2/c1-2-11(13-14)9-3-5-10(6-4-9)15-8-7-12/h3-6,14H,2,7-8H2,1H3/b13-11-. The Morgan fingerprint density at radius 2 is 2.07 bits per heavy atom. The van der Waals surface area contributed by atoms with Crippen LogP contribution in [0.4, 0.5) is 4.39 Å². The fraction of sp³-hybridized carbons (Fsp3) is 0.364. The molecule has 0 fully saturated rings. The van der Waals surface area contributed by atoms with Gasteiger partial charge in [-0.25, -0.2) is 4.39 Å². The first kappa shape index (κ1) is 11.5. The molecule has 0 aliphatic carbocycles. The zero-order valence-corrected chi connectivity index (χ0v) is 8.61. The summed E-state index contributed by atoms with van der Waals surface area (Å²) in [5, 5.41) is 11.9. The third kappa shape index (κ3) is 3.23. The fourth-order valence-electron chi connectivity index (χ4n) is 1.23. The monoisotopic (exact) mass is 211 g/mol. The Bertz CT molecular complexity index is 322. The van der Waals surface area contributed by atoms with E-state index in [9.17, 15) is 4.39 Å². The van der Waals surface area contributed by atoms with Crippen LogP contribution in [-0.2, 0) is 0 Å². The van der Waals surface area contributed by atoms with E-state index in [0.717, 1.165) is 5.56 Å². The molecule has 0 saturated heterocycles. The predicted molar refractivity (Wildman–Crippen MR) is 56.5 cm³/mol. The largest absolute Gasteiger partial charge is 0.491 e. The summed E-state index contributed by atoms with van der Waals surface area (Å²) in [6, 6.07) is 7.02. The van der Waals surface area contributed by atoms with Crippen LogP contribution in [0.15, 0.2) is 29.4 Å². The molecule has 1 N–H and O–H groups in total. The lowest BCUT2D eigenvalue weighted by atomic mass is 10.1. The minimum Gasteiger partial charge on any atom is -0.491 e. The van der Waals surface area contributed by atoms with Gasteiger partial charge in [0.1, 0.15) is 19.0 Å². The van der Waals surface area contributed by atoms with Crippen LogP contribution in [0.5, 0.6) is 5.75 Å². The first-order valence-corrected chi connectivity index (χ1v) is 4.82. The summed E-state index contributed by atoms with van der Waals surface area (Å²) in [6.07, 6.45) is 0.654. The second-order valence-corrected chi connectivity index (χ2v) is 2.96. The molecule has 1 aromatic rings. The lowest BCUT2D eigenvalue weighted by Gasteiger charge is -2.05. The van der Waals surface area contributed by atoms with Gasteiger partial charge in [-0.2, -0.15) is 0 Å². The third-order valence-corrected chi connectivity index (χ3v) is 1.99. The molecule has 3 nitrogen and oxygen atoms in total. The Kier molecular flexibility index (Phi) is 4.60. The van der Waals surface area contributed by atoms with Crippen molar-refractivity contribution in [3.05, 3.63) is 29.8 Å². The number of halogens is 1. The van der Waals surface area contributed by atoms with Gasteiger partial charge >= 0.3 is 0 Å². The van der Waals surface area contributed by atoms with E-state index in [1.54, 1.807) is 24.3 Å². The highest BCUT2D eigenvalue weighted by molar-refractivity contribution is 6.00. The van der Waals surface area contributed by atoms with E-state index in [1.807, 2.05) is 6.92 Å². The van der Waals surface area contributed by atoms with Crippen LogP contribution in [0.3, 0.4) is 0 Å². The molecule has 0 unspecified atom stereocenters. The van der Waals surface area contributed by atoms with Crippen molar-refractivity contribution in [1.29, 1.82) is 0 Å². The molecule has 0 saturated carbocycles. The molecule has 0 amide bonds. The van der Waals surface area contributed by atoms with E-state index in [0.29, 0.717) is 17.9 Å². The predicted octanol–water partition coefficient (Wildman–Crippen LogP) is 2.62. The minimum absolute atomic E-state index is 0.0636. The second-order valence-electron chi connectivity index (χ2n) is 2.96. The summed E-state index contributed by atoms with van der Waals surface area (Å²) in [6.45, 7) is 1.47. The SMILES string of the molecule is CC/C(=N/O)c1ccc(OCCF)cc1. The van der Waals surface area contributed by atoms with Gasteiger partial charge in [-0.05, 0) is 36.2 Å². The van der Waals surface area contributed by atoms with Gasteiger partial charge in [-0.1, -0.05) is 12.1 Å². The summed E-state index contributed by atoms with van der Waals surface area (Å²) >= 11 is 0. The van der Waals surface area contributed by atoms with Gasteiger partial charge in [0, 0.05) is 0 Å². The summed E-state index contributed by atoms with van der Waals surface area (Å²) < 4.78 is 16.9. The van der Waals surface area contributed by atoms with E-state index in [2.05, 4.69) is 5.16 Å². The van der Waals surface area contributed by atoms with Crippen LogP contribution in [0, 0.1) is 0 Å². The van der Waals surface area contributed by atoms with Crippen LogP contribution >= 0.6 is 0 Å². The molecule has 15 heavy (non-hydrogen) atoms. The van der Waals surface area contributed by atoms with Crippen LogP contribution < -0.4 is 4.74 Å². The van der Waals surface area contributed by atoms with Crippen molar-refractivity contribution in [2.75, 3.05) is 13.3 Å². The molecule has 0 bridgehead atoms. The summed E-state index contributed by atoms with van der Waals surface area (Å²) in [7, 11) is 0. The number of oxime groups is 1. The van der Waals surface area contributed by atoms with E-state index in [4.69, 9.17) is 9.94 Å². The first-order chi connectivity index (χ1) is 7.31. The van der Waals surface area contributed by atoms with Crippen molar-refractivity contribution in [2.45, 2.75) is 13.3 Å². The minimum atomic E-state index is -0.500. The van der Waals surface area contributed by atoms with Crippen molar-refractivity contribution in [3.63, 3.8) is 0 Å². The molecule has 0 aromatic heterocycles. The van der Waals surface area contributed by atoms with Gasteiger partial charge in [0.05, 0.1) is 5.71 Å². The molecule has 0 aliphatic heterocycles. The van der Waals surface area contributed by atoms with Gasteiger partial charge < -0.3 is 9.94 Å². The van der Waals surface area contributed by atoms with Crippen molar-refractivity contribution >= 4 is 5.71 Å². The van der Waals surface area contributed by atoms with Crippen molar-refractivity contribution in [3.8, 4) is 5.75 Å². The Morgan fingerprint density at radius 1 is 1.40 bits per heavy atom. The second kappa shape index (κ2) is 6.01. The number of hydrogen-bond acceptors (Lipinski definition) is 3. The number of rotatable bonds is 5. The summed E-state index contributed by atoms with van der Waals surface area (Å²) in [4.78, 5) is 0. The molecule has 0 atom stereocenters. The van der Waals surface area contributed by atoms with Crippen molar-refractivity contribution in [1.82, 2.24) is 0 Å². The molecule has 0 aliphatic rings. The maximum atomic E-state index is 11.8. The van der Waals surface area contributed by atoms with E-state index in [1.165, 1.54) is 0 Å². The van der Waals surface area contributed by atoms with Gasteiger partial charge in [0.25, 0.3) is 0 Å². The molecule has 0 radical (unpaired) electrons. The summed E-state index contributed by atoms with van der Waals surface area (Å²) in [5.41, 5.74) is 1.46. The van der Waals surface area contributed by atoms with Gasteiger partial charge in [-0.15, -0.1) is 0 Å². The summed E-state index contributed by atoms with van der Waals surface area (Å²) in [5.74, 6) is 0.616. The molecular weight excluding hydrogens is 197 g/mol. The van der Waals surface area contributed by atoms with E-state index < -0.39 is 6.67 Å². The Hall–Kier alpha value is -1.58.